The number of carbonyl (C=O) groups is 1. The van der Waals surface area contributed by atoms with Crippen LogP contribution in [0.2, 0.25) is 0 Å². The molecule has 9 nitrogen and oxygen atoms in total. The number of hydrogen-bond donors (Lipinski definition) is 1. The van der Waals surface area contributed by atoms with Crippen LogP contribution in [0.1, 0.15) is 0 Å². The van der Waals surface area contributed by atoms with Gasteiger partial charge in [-0.15, -0.1) is 10.2 Å². The number of nitro benzene ring substituents is 1. The topological polar surface area (TPSA) is 129 Å². The summed E-state index contributed by atoms with van der Waals surface area (Å²) >= 11 is 0.883. The van der Waals surface area contributed by atoms with Crippen LogP contribution in [0.5, 0.6) is 5.75 Å². The number of hydrogen-bond acceptors (Lipinski definition) is 8. The summed E-state index contributed by atoms with van der Waals surface area (Å²) in [4.78, 5) is 20.7. The Kier molecular flexibility index (Phi) is 4.38. The molecule has 2 rings (SSSR count). The summed E-state index contributed by atoms with van der Waals surface area (Å²) in [5.41, 5.74) is 0.258. The fourth-order valence-electron chi connectivity index (χ4n) is 1.47. The van der Waals surface area contributed by atoms with Gasteiger partial charge in [-0.1, -0.05) is 11.8 Å². The van der Waals surface area contributed by atoms with Gasteiger partial charge in [-0.05, 0) is 6.07 Å². The predicted molar refractivity (Wildman–Crippen MR) is 71.3 cm³/mol. The number of nitro groups is 1. The number of carboxylic acids is 1. The van der Waals surface area contributed by atoms with Crippen LogP contribution in [0.4, 0.5) is 5.69 Å². The van der Waals surface area contributed by atoms with Crippen molar-refractivity contribution >= 4 is 23.4 Å². The summed E-state index contributed by atoms with van der Waals surface area (Å²) in [5, 5.41) is 26.9. The number of rotatable bonds is 6. The highest BCUT2D eigenvalue weighted by Gasteiger charge is 2.18. The molecule has 0 aliphatic heterocycles. The van der Waals surface area contributed by atoms with Crippen molar-refractivity contribution in [3.05, 3.63) is 28.3 Å². The van der Waals surface area contributed by atoms with Gasteiger partial charge in [0.2, 0.25) is 5.89 Å². The minimum atomic E-state index is -1.00. The maximum Gasteiger partial charge on any atom is 0.314 e. The first-order chi connectivity index (χ1) is 10.0. The van der Waals surface area contributed by atoms with Crippen LogP contribution in [0.25, 0.3) is 11.5 Å². The number of ether oxygens (including phenoxy) is 1. The van der Waals surface area contributed by atoms with Gasteiger partial charge in [0.15, 0.2) is 5.75 Å². The molecule has 0 amide bonds. The van der Waals surface area contributed by atoms with Crippen LogP contribution in [0.3, 0.4) is 0 Å². The monoisotopic (exact) mass is 311 g/mol. The minimum absolute atomic E-state index is 0.0652. The van der Waals surface area contributed by atoms with E-state index in [0.29, 0.717) is 5.56 Å². The molecule has 110 valence electrons. The zero-order valence-electron chi connectivity index (χ0n) is 10.7. The summed E-state index contributed by atoms with van der Waals surface area (Å²) in [6, 6.07) is 4.11. The molecule has 21 heavy (non-hydrogen) atoms. The molecule has 0 saturated carbocycles. The Morgan fingerprint density at radius 1 is 1.52 bits per heavy atom. The highest BCUT2D eigenvalue weighted by molar-refractivity contribution is 7.99. The molecule has 2 aromatic rings. The van der Waals surface area contributed by atoms with E-state index < -0.39 is 10.9 Å². The van der Waals surface area contributed by atoms with Crippen molar-refractivity contribution in [3.63, 3.8) is 0 Å². The van der Waals surface area contributed by atoms with E-state index in [1.807, 2.05) is 0 Å². The molecule has 0 aliphatic carbocycles. The van der Waals surface area contributed by atoms with E-state index in [-0.39, 0.29) is 28.3 Å². The average molecular weight is 311 g/mol. The highest BCUT2D eigenvalue weighted by atomic mass is 32.2. The van der Waals surface area contributed by atoms with Gasteiger partial charge in [0.25, 0.3) is 5.22 Å². The predicted octanol–water partition coefficient (Wildman–Crippen LogP) is 1.83. The Balaban J connectivity index is 2.26. The largest absolute Gasteiger partial charge is 0.490 e. The van der Waals surface area contributed by atoms with Gasteiger partial charge in [0.1, 0.15) is 5.75 Å². The molecular weight excluding hydrogens is 302 g/mol. The highest BCUT2D eigenvalue weighted by Crippen LogP contribution is 2.32. The van der Waals surface area contributed by atoms with Crippen molar-refractivity contribution in [2.75, 3.05) is 12.9 Å². The van der Waals surface area contributed by atoms with Gasteiger partial charge in [-0.25, -0.2) is 0 Å². The Bertz CT molecular complexity index is 686. The molecule has 0 saturated heterocycles. The zero-order valence-corrected chi connectivity index (χ0v) is 11.5. The van der Waals surface area contributed by atoms with Gasteiger partial charge in [-0.2, -0.15) is 0 Å². The molecule has 0 aliphatic rings. The number of aliphatic carboxylic acids is 1. The Hall–Kier alpha value is -2.62. The molecule has 0 fully saturated rings. The lowest BCUT2D eigenvalue weighted by atomic mass is 10.2. The summed E-state index contributed by atoms with van der Waals surface area (Å²) in [6.45, 7) is 0. The van der Waals surface area contributed by atoms with Crippen molar-refractivity contribution in [3.8, 4) is 17.2 Å². The Labute approximate surface area is 122 Å². The second-order valence-electron chi connectivity index (χ2n) is 3.70. The lowest BCUT2D eigenvalue weighted by Gasteiger charge is -2.02. The first-order valence-corrected chi connectivity index (χ1v) is 6.50. The molecule has 0 atom stereocenters. The number of nitrogens with zero attached hydrogens (tertiary/aromatic N) is 3. The fraction of sp³-hybridized carbons (Fsp3) is 0.182. The molecule has 0 unspecified atom stereocenters. The van der Waals surface area contributed by atoms with Crippen molar-refractivity contribution in [2.45, 2.75) is 5.22 Å². The third kappa shape index (κ3) is 3.48. The average Bonchev–Trinajstić information content (AvgIpc) is 2.93. The van der Waals surface area contributed by atoms with E-state index in [4.69, 9.17) is 14.3 Å². The van der Waals surface area contributed by atoms with Crippen LogP contribution >= 0.6 is 11.8 Å². The number of benzene rings is 1. The summed E-state index contributed by atoms with van der Waals surface area (Å²) in [7, 11) is 1.31. The molecule has 10 heteroatoms. The third-order valence-electron chi connectivity index (χ3n) is 2.35. The summed E-state index contributed by atoms with van der Waals surface area (Å²) in [6.07, 6.45) is 0. The second-order valence-corrected chi connectivity index (χ2v) is 4.63. The minimum Gasteiger partial charge on any atom is -0.490 e. The lowest BCUT2D eigenvalue weighted by molar-refractivity contribution is -0.385. The summed E-state index contributed by atoms with van der Waals surface area (Å²) in [5.74, 6) is -1.02. The van der Waals surface area contributed by atoms with E-state index in [1.165, 1.54) is 25.3 Å². The molecule has 1 aromatic carbocycles. The fourth-order valence-corrected chi connectivity index (χ4v) is 1.95. The maximum absolute atomic E-state index is 10.8. The SMILES string of the molecule is COc1cc(-c2nnc(SCC(=O)O)o2)ccc1[N+](=O)[O-]. The standard InChI is InChI=1S/C11H9N3O6S/c1-19-8-4-6(2-3-7(8)14(17)18)10-12-13-11(20-10)21-5-9(15)16/h2-4H,5H2,1H3,(H,15,16). The molecule has 1 N–H and O–H groups in total. The van der Waals surface area contributed by atoms with Crippen LogP contribution < -0.4 is 4.74 Å². The maximum atomic E-state index is 10.8. The van der Waals surface area contributed by atoms with E-state index in [0.717, 1.165) is 11.8 Å². The Morgan fingerprint density at radius 2 is 2.29 bits per heavy atom. The Morgan fingerprint density at radius 3 is 2.90 bits per heavy atom. The van der Waals surface area contributed by atoms with E-state index >= 15 is 0 Å². The van der Waals surface area contributed by atoms with E-state index in [1.54, 1.807) is 0 Å². The quantitative estimate of drug-likeness (QED) is 0.482. The summed E-state index contributed by atoms with van der Waals surface area (Å²) < 4.78 is 10.2. The van der Waals surface area contributed by atoms with Crippen molar-refractivity contribution < 1.29 is 24.0 Å². The second kappa shape index (κ2) is 6.22. The van der Waals surface area contributed by atoms with E-state index in [9.17, 15) is 14.9 Å². The van der Waals surface area contributed by atoms with Gasteiger partial charge >= 0.3 is 11.7 Å². The molecule has 0 spiro atoms. The molecule has 0 bridgehead atoms. The van der Waals surface area contributed by atoms with Crippen molar-refractivity contribution in [1.82, 2.24) is 10.2 Å². The number of methoxy groups -OCH3 is 1. The van der Waals surface area contributed by atoms with Gasteiger partial charge in [-0.3, -0.25) is 14.9 Å². The number of thioether (sulfide) groups is 1. The van der Waals surface area contributed by atoms with Crippen molar-refractivity contribution in [1.29, 1.82) is 0 Å². The van der Waals surface area contributed by atoms with Gasteiger partial charge in [0, 0.05) is 17.7 Å². The molecule has 0 radical (unpaired) electrons. The van der Waals surface area contributed by atoms with Gasteiger partial charge in [0.05, 0.1) is 12.0 Å². The number of aromatic nitrogens is 2. The zero-order chi connectivity index (χ0) is 15.4. The lowest BCUT2D eigenvalue weighted by Crippen LogP contribution is -1.97. The van der Waals surface area contributed by atoms with Crippen LogP contribution in [0.15, 0.2) is 27.8 Å². The van der Waals surface area contributed by atoms with Crippen LogP contribution in [-0.4, -0.2) is 39.1 Å². The van der Waals surface area contributed by atoms with Crippen LogP contribution in [0, 0.1) is 10.1 Å². The van der Waals surface area contributed by atoms with Crippen molar-refractivity contribution in [2.24, 2.45) is 0 Å². The molecular formula is C11H9N3O6S. The molecule has 1 aromatic heterocycles. The van der Waals surface area contributed by atoms with Crippen LogP contribution in [-0.2, 0) is 4.79 Å². The van der Waals surface area contributed by atoms with E-state index in [2.05, 4.69) is 10.2 Å². The first-order valence-electron chi connectivity index (χ1n) is 5.52. The first kappa shape index (κ1) is 14.8. The third-order valence-corrected chi connectivity index (χ3v) is 3.15. The normalized spacial score (nSPS) is 10.3. The smallest absolute Gasteiger partial charge is 0.314 e. The molecule has 1 heterocycles. The number of carboxylic acid groups (broad SMARTS) is 1. The van der Waals surface area contributed by atoms with Gasteiger partial charge < -0.3 is 14.3 Å².